The number of hydrogen-bond acceptors (Lipinski definition) is 4. The molecule has 2 N–H and O–H groups in total. The fourth-order valence-electron chi connectivity index (χ4n) is 2.85. The van der Waals surface area contributed by atoms with Crippen molar-refractivity contribution in [3.63, 3.8) is 0 Å². The van der Waals surface area contributed by atoms with E-state index in [4.69, 9.17) is 4.99 Å². The quantitative estimate of drug-likeness (QED) is 0.687. The van der Waals surface area contributed by atoms with E-state index in [1.54, 1.807) is 23.5 Å². The standard InChI is InChI=1S/C19H16N2OS/c22-14-6-3-5-13(11-14)17-12-18(19-9-4-10-23-19)21-16-8-2-1-7-15(16)20-17/h1-11,18,21-22H,12H2. The van der Waals surface area contributed by atoms with Crippen molar-refractivity contribution in [1.82, 2.24) is 0 Å². The zero-order valence-electron chi connectivity index (χ0n) is 12.4. The lowest BCUT2D eigenvalue weighted by Gasteiger charge is -2.17. The zero-order valence-corrected chi connectivity index (χ0v) is 13.3. The summed E-state index contributed by atoms with van der Waals surface area (Å²) < 4.78 is 0. The second kappa shape index (κ2) is 5.89. The van der Waals surface area contributed by atoms with Gasteiger partial charge in [-0.2, -0.15) is 0 Å². The van der Waals surface area contributed by atoms with Crippen LogP contribution in [0.4, 0.5) is 11.4 Å². The van der Waals surface area contributed by atoms with Gasteiger partial charge in [-0.25, -0.2) is 0 Å². The number of nitrogens with one attached hydrogen (secondary N) is 1. The molecule has 23 heavy (non-hydrogen) atoms. The summed E-state index contributed by atoms with van der Waals surface area (Å²) >= 11 is 1.75. The van der Waals surface area contributed by atoms with Gasteiger partial charge >= 0.3 is 0 Å². The van der Waals surface area contributed by atoms with Crippen molar-refractivity contribution in [1.29, 1.82) is 0 Å². The maximum atomic E-state index is 9.79. The zero-order chi connectivity index (χ0) is 15.6. The Morgan fingerprint density at radius 2 is 1.96 bits per heavy atom. The molecule has 1 aromatic heterocycles. The van der Waals surface area contributed by atoms with E-state index in [1.807, 2.05) is 30.3 Å². The van der Waals surface area contributed by atoms with Crippen LogP contribution in [0.1, 0.15) is 22.9 Å². The number of benzene rings is 2. The van der Waals surface area contributed by atoms with Crippen LogP contribution >= 0.6 is 11.3 Å². The van der Waals surface area contributed by atoms with Gasteiger partial charge in [0.2, 0.25) is 0 Å². The maximum Gasteiger partial charge on any atom is 0.116 e. The maximum absolute atomic E-state index is 9.79. The number of rotatable bonds is 2. The molecular formula is C19H16N2OS. The van der Waals surface area contributed by atoms with Gasteiger partial charge in [0, 0.05) is 11.3 Å². The van der Waals surface area contributed by atoms with E-state index in [9.17, 15) is 5.11 Å². The van der Waals surface area contributed by atoms with Gasteiger partial charge in [-0.15, -0.1) is 11.3 Å². The fraction of sp³-hybridized carbons (Fsp3) is 0.105. The lowest BCUT2D eigenvalue weighted by molar-refractivity contribution is 0.475. The molecule has 1 atom stereocenters. The SMILES string of the molecule is Oc1cccc(C2=Nc3ccccc3NC(c3cccs3)C2)c1. The minimum absolute atomic E-state index is 0.180. The van der Waals surface area contributed by atoms with E-state index in [2.05, 4.69) is 28.9 Å². The van der Waals surface area contributed by atoms with E-state index in [0.29, 0.717) is 0 Å². The molecule has 3 aromatic rings. The molecule has 0 amide bonds. The number of para-hydroxylation sites is 2. The molecule has 0 saturated carbocycles. The molecule has 0 spiro atoms. The van der Waals surface area contributed by atoms with E-state index < -0.39 is 0 Å². The number of thiophene rings is 1. The number of anilines is 1. The highest BCUT2D eigenvalue weighted by Gasteiger charge is 2.21. The number of hydrogen-bond donors (Lipinski definition) is 2. The average Bonchev–Trinajstić information content (AvgIpc) is 3.02. The lowest BCUT2D eigenvalue weighted by atomic mass is 10.0. The highest BCUT2D eigenvalue weighted by Crippen LogP contribution is 2.36. The highest BCUT2D eigenvalue weighted by atomic mass is 32.1. The second-order valence-corrected chi connectivity index (χ2v) is 6.52. The first kappa shape index (κ1) is 14.0. The van der Waals surface area contributed by atoms with Crippen molar-refractivity contribution >= 4 is 28.4 Å². The third-order valence-corrected chi connectivity index (χ3v) is 4.94. The van der Waals surface area contributed by atoms with Crippen molar-refractivity contribution < 1.29 is 5.11 Å². The number of aliphatic imine (C=N–C) groups is 1. The van der Waals surface area contributed by atoms with E-state index in [-0.39, 0.29) is 11.8 Å². The summed E-state index contributed by atoms with van der Waals surface area (Å²) in [4.78, 5) is 6.14. The van der Waals surface area contributed by atoms with Crippen LogP contribution < -0.4 is 5.32 Å². The first-order chi connectivity index (χ1) is 11.3. The predicted octanol–water partition coefficient (Wildman–Crippen LogP) is 5.13. The number of phenolic OH excluding ortho intramolecular Hbond substituents is 1. The Labute approximate surface area is 139 Å². The average molecular weight is 320 g/mol. The topological polar surface area (TPSA) is 44.6 Å². The number of fused-ring (bicyclic) bond motifs is 1. The molecule has 2 aromatic carbocycles. The Kier molecular flexibility index (Phi) is 3.60. The summed E-state index contributed by atoms with van der Waals surface area (Å²) in [6.45, 7) is 0. The van der Waals surface area contributed by atoms with Gasteiger partial charge in [-0.1, -0.05) is 30.3 Å². The molecule has 114 valence electrons. The number of aromatic hydroxyl groups is 1. The van der Waals surface area contributed by atoms with Crippen molar-refractivity contribution in [3.05, 3.63) is 76.5 Å². The van der Waals surface area contributed by atoms with Crippen LogP contribution in [0.25, 0.3) is 0 Å². The number of phenols is 1. The third-order valence-electron chi connectivity index (χ3n) is 3.95. The molecule has 4 rings (SSSR count). The van der Waals surface area contributed by atoms with Crippen molar-refractivity contribution in [3.8, 4) is 5.75 Å². The smallest absolute Gasteiger partial charge is 0.116 e. The minimum atomic E-state index is 0.180. The Bertz CT molecular complexity index is 855. The molecule has 2 heterocycles. The van der Waals surface area contributed by atoms with Crippen LogP contribution in [-0.2, 0) is 0 Å². The molecule has 4 heteroatoms. The first-order valence-corrected chi connectivity index (χ1v) is 8.43. The molecular weight excluding hydrogens is 304 g/mol. The van der Waals surface area contributed by atoms with Crippen LogP contribution in [0.5, 0.6) is 5.75 Å². The van der Waals surface area contributed by atoms with E-state index in [1.165, 1.54) is 4.88 Å². The summed E-state index contributed by atoms with van der Waals surface area (Å²) in [6, 6.07) is 19.8. The van der Waals surface area contributed by atoms with Crippen LogP contribution in [0.3, 0.4) is 0 Å². The Balaban J connectivity index is 1.82. The van der Waals surface area contributed by atoms with Gasteiger partial charge in [0.05, 0.1) is 23.1 Å². The van der Waals surface area contributed by atoms with Crippen LogP contribution in [-0.4, -0.2) is 10.8 Å². The second-order valence-electron chi connectivity index (χ2n) is 5.54. The van der Waals surface area contributed by atoms with Crippen molar-refractivity contribution in [2.45, 2.75) is 12.5 Å². The lowest BCUT2D eigenvalue weighted by Crippen LogP contribution is -2.13. The molecule has 3 nitrogen and oxygen atoms in total. The van der Waals surface area contributed by atoms with Gasteiger partial charge in [-0.3, -0.25) is 4.99 Å². The monoisotopic (exact) mass is 320 g/mol. The van der Waals surface area contributed by atoms with Crippen LogP contribution in [0, 0.1) is 0 Å². The molecule has 1 aliphatic rings. The van der Waals surface area contributed by atoms with Gasteiger partial charge in [0.1, 0.15) is 5.75 Å². The van der Waals surface area contributed by atoms with E-state index >= 15 is 0 Å². The summed E-state index contributed by atoms with van der Waals surface area (Å²) in [6.07, 6.45) is 0.776. The Morgan fingerprint density at radius 1 is 1.04 bits per heavy atom. The predicted molar refractivity (Wildman–Crippen MR) is 96.0 cm³/mol. The Hall–Kier alpha value is -2.59. The molecule has 0 saturated heterocycles. The van der Waals surface area contributed by atoms with Crippen LogP contribution in [0.2, 0.25) is 0 Å². The largest absolute Gasteiger partial charge is 0.508 e. The molecule has 0 radical (unpaired) electrons. The van der Waals surface area contributed by atoms with Gasteiger partial charge in [-0.05, 0) is 41.3 Å². The van der Waals surface area contributed by atoms with Crippen LogP contribution in [0.15, 0.2) is 71.0 Å². The van der Waals surface area contributed by atoms with E-state index in [0.717, 1.165) is 29.1 Å². The van der Waals surface area contributed by atoms with Crippen molar-refractivity contribution in [2.75, 3.05) is 5.32 Å². The number of nitrogens with zero attached hydrogens (tertiary/aromatic N) is 1. The summed E-state index contributed by atoms with van der Waals surface area (Å²) in [5.41, 5.74) is 3.92. The molecule has 0 fully saturated rings. The normalized spacial score (nSPS) is 16.9. The van der Waals surface area contributed by atoms with Crippen molar-refractivity contribution in [2.24, 2.45) is 4.99 Å². The molecule has 1 unspecified atom stereocenters. The third kappa shape index (κ3) is 2.85. The van der Waals surface area contributed by atoms with Gasteiger partial charge in [0.15, 0.2) is 0 Å². The summed E-state index contributed by atoms with van der Waals surface area (Å²) in [5.74, 6) is 0.267. The Morgan fingerprint density at radius 3 is 2.78 bits per heavy atom. The molecule has 1 aliphatic heterocycles. The fourth-order valence-corrected chi connectivity index (χ4v) is 3.62. The summed E-state index contributed by atoms with van der Waals surface area (Å²) in [5, 5.41) is 15.5. The minimum Gasteiger partial charge on any atom is -0.508 e. The summed E-state index contributed by atoms with van der Waals surface area (Å²) in [7, 11) is 0. The molecule has 0 bridgehead atoms. The molecule has 0 aliphatic carbocycles. The van der Waals surface area contributed by atoms with Gasteiger partial charge in [0.25, 0.3) is 0 Å². The first-order valence-electron chi connectivity index (χ1n) is 7.55. The highest BCUT2D eigenvalue weighted by molar-refractivity contribution is 7.10. The van der Waals surface area contributed by atoms with Gasteiger partial charge < -0.3 is 10.4 Å².